The van der Waals surface area contributed by atoms with Gasteiger partial charge in [0, 0.05) is 7.05 Å². The summed E-state index contributed by atoms with van der Waals surface area (Å²) in [6, 6.07) is 0. The second-order valence-corrected chi connectivity index (χ2v) is 1.04. The zero-order valence-corrected chi connectivity index (χ0v) is 4.16. The van der Waals surface area contributed by atoms with Crippen molar-refractivity contribution in [1.82, 2.24) is 10.3 Å². The van der Waals surface area contributed by atoms with Crippen molar-refractivity contribution in [2.75, 3.05) is 14.1 Å². The first kappa shape index (κ1) is 6.32. The smallest absolute Gasteiger partial charge is 0.0674 e. The molecule has 0 radical (unpaired) electrons. The summed E-state index contributed by atoms with van der Waals surface area (Å²) in [6.45, 7) is 0. The lowest BCUT2D eigenvalue weighted by Gasteiger charge is -2.26. The maximum atomic E-state index is 9.92. The second-order valence-electron chi connectivity index (χ2n) is 1.04. The van der Waals surface area contributed by atoms with Crippen molar-refractivity contribution in [3.63, 3.8) is 0 Å². The maximum Gasteiger partial charge on any atom is 0.0674 e. The Morgan fingerprint density at radius 3 is 2.00 bits per heavy atom. The van der Waals surface area contributed by atoms with Gasteiger partial charge in [0.15, 0.2) is 0 Å². The quantitative estimate of drug-likeness (QED) is 0.364. The highest BCUT2D eigenvalue weighted by Gasteiger charge is 1.85. The molecule has 0 amide bonds. The Hall–Kier alpha value is -0.680. The van der Waals surface area contributed by atoms with Crippen molar-refractivity contribution in [1.29, 1.82) is 0 Å². The summed E-state index contributed by atoms with van der Waals surface area (Å²) in [5, 5.41) is 13.2. The van der Waals surface area contributed by atoms with Crippen LogP contribution >= 0.6 is 0 Å². The molecule has 0 N–H and O–H groups in total. The van der Waals surface area contributed by atoms with Gasteiger partial charge in [0.1, 0.15) is 0 Å². The van der Waals surface area contributed by atoms with Gasteiger partial charge < -0.3 is 5.21 Å². The Kier molecular flexibility index (Phi) is 2.24. The fraction of sp³-hybridized carbons (Fsp3) is 1.00. The van der Waals surface area contributed by atoms with Crippen LogP contribution in [0.3, 0.4) is 0 Å². The van der Waals surface area contributed by atoms with E-state index in [2.05, 4.69) is 5.29 Å². The lowest BCUT2D eigenvalue weighted by atomic mass is 11.3. The van der Waals surface area contributed by atoms with Gasteiger partial charge in [-0.3, -0.25) is 5.17 Å². The number of hydrazine groups is 1. The SMILES string of the molecule is CN([O-])N(C)N=O. The van der Waals surface area contributed by atoms with Gasteiger partial charge in [-0.15, -0.1) is 4.91 Å². The van der Waals surface area contributed by atoms with Crippen LogP contribution in [0.25, 0.3) is 0 Å². The molecule has 0 unspecified atom stereocenters. The Morgan fingerprint density at radius 1 is 1.57 bits per heavy atom. The van der Waals surface area contributed by atoms with Crippen LogP contribution in [0.5, 0.6) is 0 Å². The molecule has 0 bridgehead atoms. The highest BCUT2D eigenvalue weighted by Crippen LogP contribution is 1.83. The van der Waals surface area contributed by atoms with E-state index in [0.717, 1.165) is 0 Å². The predicted molar refractivity (Wildman–Crippen MR) is 24.7 cm³/mol. The molecule has 0 atom stereocenters. The third-order valence-electron chi connectivity index (χ3n) is 0.526. The third-order valence-corrected chi connectivity index (χ3v) is 0.526. The number of nitroso groups, excluding NO2 is 1. The molecule has 0 aliphatic carbocycles. The van der Waals surface area contributed by atoms with Gasteiger partial charge in [-0.05, 0) is 7.05 Å². The van der Waals surface area contributed by atoms with Gasteiger partial charge in [-0.1, -0.05) is 0 Å². The van der Waals surface area contributed by atoms with Crippen LogP contribution in [0, 0.1) is 10.1 Å². The van der Waals surface area contributed by atoms with Crippen LogP contribution in [0.4, 0.5) is 0 Å². The Labute approximate surface area is 41.0 Å². The van der Waals surface area contributed by atoms with Crippen LogP contribution in [-0.4, -0.2) is 24.4 Å². The molecule has 5 nitrogen and oxygen atoms in total. The first-order chi connectivity index (χ1) is 3.18. The maximum absolute atomic E-state index is 9.92. The summed E-state index contributed by atoms with van der Waals surface area (Å²) in [5.41, 5.74) is 0. The van der Waals surface area contributed by atoms with Crippen molar-refractivity contribution >= 4 is 0 Å². The normalized spacial score (nSPS) is 9.14. The molecule has 0 rings (SSSR count). The highest BCUT2D eigenvalue weighted by atomic mass is 16.6. The van der Waals surface area contributed by atoms with Crippen LogP contribution in [0.1, 0.15) is 0 Å². The van der Waals surface area contributed by atoms with Crippen LogP contribution < -0.4 is 0 Å². The summed E-state index contributed by atoms with van der Waals surface area (Å²) < 4.78 is 0. The molecule has 0 fully saturated rings. The first-order valence-corrected chi connectivity index (χ1v) is 1.66. The zero-order valence-electron chi connectivity index (χ0n) is 4.16. The van der Waals surface area contributed by atoms with E-state index < -0.39 is 0 Å². The molecule has 0 aliphatic rings. The molecular weight excluding hydrogens is 98.0 g/mol. The van der Waals surface area contributed by atoms with Crippen LogP contribution in [-0.2, 0) is 0 Å². The molecular formula is C2H6N3O2-. The van der Waals surface area contributed by atoms with E-state index >= 15 is 0 Å². The fourth-order valence-corrected chi connectivity index (χ4v) is 0.0514. The van der Waals surface area contributed by atoms with Gasteiger partial charge in [0.05, 0.1) is 5.29 Å². The van der Waals surface area contributed by atoms with E-state index in [4.69, 9.17) is 0 Å². The van der Waals surface area contributed by atoms with Gasteiger partial charge in [0.25, 0.3) is 0 Å². The van der Waals surface area contributed by atoms with E-state index in [9.17, 15) is 10.1 Å². The van der Waals surface area contributed by atoms with E-state index in [-0.39, 0.29) is 0 Å². The number of hydrogen-bond donors (Lipinski definition) is 0. The molecule has 0 aromatic rings. The Balaban J connectivity index is 3.33. The van der Waals surface area contributed by atoms with Gasteiger partial charge >= 0.3 is 0 Å². The van der Waals surface area contributed by atoms with Crippen LogP contribution in [0.15, 0.2) is 5.29 Å². The summed E-state index contributed by atoms with van der Waals surface area (Å²) in [7, 11) is 2.45. The number of nitrogens with zero attached hydrogens (tertiary/aromatic N) is 3. The molecule has 42 valence electrons. The summed E-state index contributed by atoms with van der Waals surface area (Å²) in [5.74, 6) is 0. The van der Waals surface area contributed by atoms with Crippen molar-refractivity contribution in [2.45, 2.75) is 0 Å². The molecule has 0 aromatic carbocycles. The average molecular weight is 104 g/mol. The standard InChI is InChI=1S/C2H6N3O2/c1-4(3-6)5(2)7/h1-2H3/q-1. The third kappa shape index (κ3) is 2.07. The molecule has 0 aliphatic heterocycles. The average Bonchev–Trinajstić information content (AvgIpc) is 1.65. The van der Waals surface area contributed by atoms with Crippen LogP contribution in [0.2, 0.25) is 0 Å². The number of rotatable bonds is 2. The molecule has 0 spiro atoms. The summed E-state index contributed by atoms with van der Waals surface area (Å²) in [4.78, 5) is 9.38. The Morgan fingerprint density at radius 2 is 2.00 bits per heavy atom. The zero-order chi connectivity index (χ0) is 5.86. The second kappa shape index (κ2) is 2.49. The predicted octanol–water partition coefficient (Wildman–Crippen LogP) is -0.0558. The Bertz CT molecular complexity index is 64.0. The van der Waals surface area contributed by atoms with Crippen molar-refractivity contribution < 1.29 is 0 Å². The minimum Gasteiger partial charge on any atom is -0.766 e. The number of hydrogen-bond acceptors (Lipinski definition) is 4. The van der Waals surface area contributed by atoms with Gasteiger partial charge in [-0.25, -0.2) is 5.12 Å². The first-order valence-electron chi connectivity index (χ1n) is 1.66. The van der Waals surface area contributed by atoms with Crippen molar-refractivity contribution in [2.24, 2.45) is 5.29 Å². The van der Waals surface area contributed by atoms with Crippen molar-refractivity contribution in [3.8, 4) is 0 Å². The monoisotopic (exact) mass is 104 g/mol. The van der Waals surface area contributed by atoms with E-state index in [0.29, 0.717) is 10.3 Å². The lowest BCUT2D eigenvalue weighted by Crippen LogP contribution is -2.25. The largest absolute Gasteiger partial charge is 0.766 e. The molecule has 5 heteroatoms. The molecule has 7 heavy (non-hydrogen) atoms. The van der Waals surface area contributed by atoms with Crippen molar-refractivity contribution in [3.05, 3.63) is 10.1 Å². The molecule has 0 saturated heterocycles. The molecule has 0 heterocycles. The van der Waals surface area contributed by atoms with Gasteiger partial charge in [0.2, 0.25) is 0 Å². The summed E-state index contributed by atoms with van der Waals surface area (Å²) in [6.07, 6.45) is 0. The minimum atomic E-state index is 0.326. The summed E-state index contributed by atoms with van der Waals surface area (Å²) >= 11 is 0. The van der Waals surface area contributed by atoms with Gasteiger partial charge in [-0.2, -0.15) is 0 Å². The van der Waals surface area contributed by atoms with E-state index in [1.165, 1.54) is 14.1 Å². The highest BCUT2D eigenvalue weighted by molar-refractivity contribution is 4.35. The van der Waals surface area contributed by atoms with E-state index in [1.54, 1.807) is 0 Å². The van der Waals surface area contributed by atoms with E-state index in [1.807, 2.05) is 0 Å². The topological polar surface area (TPSA) is 59.0 Å². The lowest BCUT2D eigenvalue weighted by molar-refractivity contribution is 0.0827. The molecule has 0 saturated carbocycles. The fourth-order valence-electron chi connectivity index (χ4n) is 0.0514. The number of hydroxylamine groups is 1. The molecule has 0 aromatic heterocycles. The minimum absolute atomic E-state index is 0.326.